The van der Waals surface area contributed by atoms with Gasteiger partial charge in [0.25, 0.3) is 0 Å². The largest absolute Gasteiger partial charge is 0.507 e. The number of benzene rings is 2. The second-order valence-electron chi connectivity index (χ2n) is 4.64. The molecule has 1 heterocycles. The van der Waals surface area contributed by atoms with Gasteiger partial charge in [0.15, 0.2) is 0 Å². The van der Waals surface area contributed by atoms with Crippen molar-refractivity contribution in [1.29, 1.82) is 0 Å². The maximum Gasteiger partial charge on any atom is 0.125 e. The fourth-order valence-corrected chi connectivity index (χ4v) is 2.69. The molecule has 2 aromatic carbocycles. The van der Waals surface area contributed by atoms with Crippen molar-refractivity contribution < 1.29 is 5.11 Å². The number of hydrogen-bond acceptors (Lipinski definition) is 2. The number of anilines is 1. The van der Waals surface area contributed by atoms with Gasteiger partial charge in [-0.05, 0) is 23.4 Å². The van der Waals surface area contributed by atoms with E-state index < -0.39 is 0 Å². The summed E-state index contributed by atoms with van der Waals surface area (Å²) in [7, 11) is 0. The lowest BCUT2D eigenvalue weighted by molar-refractivity contribution is 0.482. The van der Waals surface area contributed by atoms with Crippen LogP contribution in [-0.2, 0) is 0 Å². The molecule has 0 unspecified atom stereocenters. The van der Waals surface area contributed by atoms with Crippen LogP contribution in [0.15, 0.2) is 24.3 Å². The van der Waals surface area contributed by atoms with Gasteiger partial charge in [0.05, 0.1) is 0 Å². The van der Waals surface area contributed by atoms with E-state index in [0.29, 0.717) is 11.7 Å². The minimum absolute atomic E-state index is 0.374. The first kappa shape index (κ1) is 9.52. The van der Waals surface area contributed by atoms with Crippen molar-refractivity contribution in [3.63, 3.8) is 0 Å². The second kappa shape index (κ2) is 3.14. The van der Waals surface area contributed by atoms with Crippen LogP contribution in [0.2, 0.25) is 0 Å². The Kier molecular flexibility index (Phi) is 1.87. The van der Waals surface area contributed by atoms with Gasteiger partial charge in [-0.1, -0.05) is 25.1 Å². The molecule has 1 aliphatic heterocycles. The third-order valence-corrected chi connectivity index (χ3v) is 3.48. The molecular formula is C14H15NO. The molecule has 0 saturated heterocycles. The van der Waals surface area contributed by atoms with Crippen molar-refractivity contribution in [1.82, 2.24) is 0 Å². The van der Waals surface area contributed by atoms with Crippen LogP contribution in [0.3, 0.4) is 0 Å². The number of nitrogens with one attached hydrogen (secondary N) is 1. The summed E-state index contributed by atoms with van der Waals surface area (Å²) < 4.78 is 0. The Morgan fingerprint density at radius 2 is 2.19 bits per heavy atom. The van der Waals surface area contributed by atoms with Gasteiger partial charge in [-0.2, -0.15) is 0 Å². The molecule has 2 aromatic rings. The normalized spacial score (nSPS) is 18.5. The van der Waals surface area contributed by atoms with E-state index in [1.807, 2.05) is 18.2 Å². The molecule has 2 heteroatoms. The number of hydrogen-bond donors (Lipinski definition) is 2. The lowest BCUT2D eigenvalue weighted by Gasteiger charge is -2.12. The van der Waals surface area contributed by atoms with Crippen molar-refractivity contribution >= 4 is 16.5 Å². The SMILES string of the molecule is Cc1cccc2c(O)cc3c(c12)[C@H](C)CN3. The summed E-state index contributed by atoms with van der Waals surface area (Å²) in [6.45, 7) is 5.29. The molecule has 16 heavy (non-hydrogen) atoms. The topological polar surface area (TPSA) is 32.3 Å². The highest BCUT2D eigenvalue weighted by Gasteiger charge is 2.23. The van der Waals surface area contributed by atoms with Gasteiger partial charge < -0.3 is 10.4 Å². The summed E-state index contributed by atoms with van der Waals surface area (Å²) in [5, 5.41) is 15.5. The summed E-state index contributed by atoms with van der Waals surface area (Å²) >= 11 is 0. The molecule has 0 amide bonds. The minimum Gasteiger partial charge on any atom is -0.507 e. The maximum absolute atomic E-state index is 10.0. The third kappa shape index (κ3) is 1.13. The summed E-state index contributed by atoms with van der Waals surface area (Å²) in [5.41, 5.74) is 3.68. The predicted molar refractivity (Wildman–Crippen MR) is 67.3 cm³/mol. The highest BCUT2D eigenvalue weighted by atomic mass is 16.3. The van der Waals surface area contributed by atoms with E-state index in [0.717, 1.165) is 17.6 Å². The maximum atomic E-state index is 10.0. The summed E-state index contributed by atoms with van der Waals surface area (Å²) in [6, 6.07) is 7.94. The van der Waals surface area contributed by atoms with Gasteiger partial charge in [0.1, 0.15) is 5.75 Å². The third-order valence-electron chi connectivity index (χ3n) is 3.48. The van der Waals surface area contributed by atoms with E-state index >= 15 is 0 Å². The van der Waals surface area contributed by atoms with Crippen LogP contribution in [-0.4, -0.2) is 11.7 Å². The van der Waals surface area contributed by atoms with E-state index in [2.05, 4.69) is 25.2 Å². The van der Waals surface area contributed by atoms with E-state index in [4.69, 9.17) is 0 Å². The molecule has 0 radical (unpaired) electrons. The van der Waals surface area contributed by atoms with Gasteiger partial charge >= 0.3 is 0 Å². The highest BCUT2D eigenvalue weighted by Crippen LogP contribution is 2.42. The number of rotatable bonds is 0. The Morgan fingerprint density at radius 1 is 1.38 bits per heavy atom. The molecule has 3 rings (SSSR count). The molecule has 2 nitrogen and oxygen atoms in total. The predicted octanol–water partition coefficient (Wildman–Crippen LogP) is 3.38. The van der Waals surface area contributed by atoms with Gasteiger partial charge in [0, 0.05) is 29.6 Å². The van der Waals surface area contributed by atoms with Crippen LogP contribution in [0.4, 0.5) is 5.69 Å². The fraction of sp³-hybridized carbons (Fsp3) is 0.286. The Balaban J connectivity index is 2.50. The van der Waals surface area contributed by atoms with Crippen molar-refractivity contribution in [2.45, 2.75) is 19.8 Å². The number of phenols is 1. The zero-order valence-corrected chi connectivity index (χ0v) is 9.54. The van der Waals surface area contributed by atoms with Crippen LogP contribution in [0, 0.1) is 6.92 Å². The molecule has 0 aliphatic carbocycles. The Bertz CT molecular complexity index is 574. The average molecular weight is 213 g/mol. The number of aryl methyl sites for hydroxylation is 1. The lowest BCUT2D eigenvalue weighted by Crippen LogP contribution is -1.96. The Labute approximate surface area is 94.9 Å². The molecular weight excluding hydrogens is 198 g/mol. The van der Waals surface area contributed by atoms with Gasteiger partial charge in [-0.15, -0.1) is 0 Å². The summed E-state index contributed by atoms with van der Waals surface area (Å²) in [5.74, 6) is 0.887. The smallest absolute Gasteiger partial charge is 0.125 e. The molecule has 1 atom stereocenters. The quantitative estimate of drug-likeness (QED) is 0.703. The van der Waals surface area contributed by atoms with E-state index in [1.165, 1.54) is 16.5 Å². The molecule has 0 spiro atoms. The van der Waals surface area contributed by atoms with Crippen LogP contribution >= 0.6 is 0 Å². The zero-order chi connectivity index (χ0) is 11.3. The van der Waals surface area contributed by atoms with E-state index in [9.17, 15) is 5.11 Å². The molecule has 0 bridgehead atoms. The molecule has 82 valence electrons. The number of aromatic hydroxyl groups is 1. The first-order valence-electron chi connectivity index (χ1n) is 5.67. The van der Waals surface area contributed by atoms with Crippen LogP contribution in [0.5, 0.6) is 5.75 Å². The monoisotopic (exact) mass is 213 g/mol. The van der Waals surface area contributed by atoms with Crippen molar-refractivity contribution in [3.8, 4) is 5.75 Å². The molecule has 0 fully saturated rings. The Hall–Kier alpha value is -1.70. The van der Waals surface area contributed by atoms with Crippen molar-refractivity contribution in [3.05, 3.63) is 35.4 Å². The van der Waals surface area contributed by atoms with E-state index in [1.54, 1.807) is 0 Å². The zero-order valence-electron chi connectivity index (χ0n) is 9.54. The van der Waals surface area contributed by atoms with Gasteiger partial charge in [-0.25, -0.2) is 0 Å². The summed E-state index contributed by atoms with van der Waals surface area (Å²) in [6.07, 6.45) is 0. The van der Waals surface area contributed by atoms with Crippen molar-refractivity contribution in [2.75, 3.05) is 11.9 Å². The standard InChI is InChI=1S/C14H15NO/c1-8-4-3-5-10-12(16)6-11-14(13(8)10)9(2)7-15-11/h3-6,9,15-16H,7H2,1-2H3/t9-/m1/s1. The lowest BCUT2D eigenvalue weighted by atomic mass is 9.93. The van der Waals surface area contributed by atoms with Crippen molar-refractivity contribution in [2.24, 2.45) is 0 Å². The minimum atomic E-state index is 0.374. The number of phenolic OH excluding ortho intramolecular Hbond substituents is 1. The molecule has 0 aromatic heterocycles. The van der Waals surface area contributed by atoms with Crippen LogP contribution in [0.1, 0.15) is 24.0 Å². The molecule has 1 aliphatic rings. The van der Waals surface area contributed by atoms with Gasteiger partial charge in [-0.3, -0.25) is 0 Å². The van der Waals surface area contributed by atoms with E-state index in [-0.39, 0.29) is 0 Å². The first-order chi connectivity index (χ1) is 7.68. The second-order valence-corrected chi connectivity index (χ2v) is 4.64. The highest BCUT2D eigenvalue weighted by molar-refractivity contribution is 5.98. The fourth-order valence-electron chi connectivity index (χ4n) is 2.69. The average Bonchev–Trinajstić information content (AvgIpc) is 2.61. The molecule has 2 N–H and O–H groups in total. The first-order valence-corrected chi connectivity index (χ1v) is 5.67. The number of fused-ring (bicyclic) bond motifs is 3. The Morgan fingerprint density at radius 3 is 3.00 bits per heavy atom. The van der Waals surface area contributed by atoms with Gasteiger partial charge in [0.2, 0.25) is 0 Å². The van der Waals surface area contributed by atoms with Crippen LogP contribution in [0.25, 0.3) is 10.8 Å². The summed E-state index contributed by atoms with van der Waals surface area (Å²) in [4.78, 5) is 0. The molecule has 0 saturated carbocycles. The van der Waals surface area contributed by atoms with Crippen LogP contribution < -0.4 is 5.32 Å².